The molecule has 3 N–H and O–H groups in total. The number of hydrogen-bond donors (Lipinski definition) is 3. The van der Waals surface area contributed by atoms with E-state index < -0.39 is 16.7 Å². The lowest BCUT2D eigenvalue weighted by Gasteiger charge is -2.14. The minimum atomic E-state index is -0.573. The van der Waals surface area contributed by atoms with Gasteiger partial charge in [0.2, 0.25) is 5.91 Å². The van der Waals surface area contributed by atoms with Gasteiger partial charge in [0.15, 0.2) is 11.5 Å². The van der Waals surface area contributed by atoms with Gasteiger partial charge in [-0.1, -0.05) is 36.4 Å². The molecule has 4 aromatic rings. The lowest BCUT2D eigenvalue weighted by molar-refractivity contribution is -0.384. The van der Waals surface area contributed by atoms with Gasteiger partial charge in [-0.15, -0.1) is 11.8 Å². The average Bonchev–Trinajstić information content (AvgIpc) is 3.05. The molecule has 4 rings (SSSR count). The molecule has 45 heavy (non-hydrogen) atoms. The zero-order valence-corrected chi connectivity index (χ0v) is 25.5. The van der Waals surface area contributed by atoms with Crippen molar-refractivity contribution in [2.24, 2.45) is 0 Å². The number of nitrogens with zero attached hydrogens (tertiary/aromatic N) is 1. The summed E-state index contributed by atoms with van der Waals surface area (Å²) in [6.07, 6.45) is 1.50. The Bertz CT molecular complexity index is 1740. The van der Waals surface area contributed by atoms with E-state index in [1.165, 1.54) is 44.2 Å². The summed E-state index contributed by atoms with van der Waals surface area (Å²) in [7, 11) is 2.98. The van der Waals surface area contributed by atoms with Crippen molar-refractivity contribution in [1.29, 1.82) is 0 Å². The lowest BCUT2D eigenvalue weighted by Crippen LogP contribution is -2.30. The van der Waals surface area contributed by atoms with Crippen LogP contribution < -0.4 is 25.4 Å². The predicted octanol–water partition coefficient (Wildman–Crippen LogP) is 6.06. The molecule has 0 heterocycles. The highest BCUT2D eigenvalue weighted by molar-refractivity contribution is 8.00. The first kappa shape index (κ1) is 32.3. The predicted molar refractivity (Wildman–Crippen MR) is 174 cm³/mol. The number of anilines is 2. The number of thioether (sulfide) groups is 1. The van der Waals surface area contributed by atoms with Gasteiger partial charge in [-0.25, -0.2) is 0 Å². The first-order valence-corrected chi connectivity index (χ1v) is 14.5. The van der Waals surface area contributed by atoms with Crippen molar-refractivity contribution >= 4 is 52.6 Å². The van der Waals surface area contributed by atoms with Crippen molar-refractivity contribution in [3.05, 3.63) is 123 Å². The Morgan fingerprint density at radius 1 is 0.889 bits per heavy atom. The Hall–Kier alpha value is -5.62. The first-order valence-electron chi connectivity index (χ1n) is 13.6. The number of amides is 3. The van der Waals surface area contributed by atoms with Gasteiger partial charge in [0.1, 0.15) is 5.70 Å². The van der Waals surface area contributed by atoms with Crippen LogP contribution in [0.15, 0.2) is 102 Å². The van der Waals surface area contributed by atoms with Gasteiger partial charge in [0, 0.05) is 33.8 Å². The highest BCUT2D eigenvalue weighted by atomic mass is 32.2. The van der Waals surface area contributed by atoms with Crippen LogP contribution in [0.1, 0.15) is 21.5 Å². The summed E-state index contributed by atoms with van der Waals surface area (Å²) in [5.41, 5.74) is 2.29. The number of rotatable bonds is 12. The summed E-state index contributed by atoms with van der Waals surface area (Å²) in [5.74, 6) is -0.444. The van der Waals surface area contributed by atoms with Crippen molar-refractivity contribution in [3.63, 3.8) is 0 Å². The fraction of sp³-hybridized carbons (Fsp3) is 0.121. The van der Waals surface area contributed by atoms with Crippen LogP contribution in [0.5, 0.6) is 11.5 Å². The molecule has 0 spiro atoms. The van der Waals surface area contributed by atoms with Crippen LogP contribution in [0.25, 0.3) is 6.08 Å². The molecule has 3 amide bonds. The van der Waals surface area contributed by atoms with Crippen LogP contribution in [0.4, 0.5) is 17.1 Å². The molecule has 0 radical (unpaired) electrons. The normalized spacial score (nSPS) is 10.9. The third-order valence-corrected chi connectivity index (χ3v) is 7.46. The molecule has 0 aliphatic heterocycles. The number of carbonyl (C=O) groups excluding carboxylic acids is 3. The van der Waals surface area contributed by atoms with Crippen LogP contribution in [-0.4, -0.2) is 42.6 Å². The van der Waals surface area contributed by atoms with Gasteiger partial charge >= 0.3 is 0 Å². The van der Waals surface area contributed by atoms with Crippen molar-refractivity contribution < 1.29 is 28.8 Å². The molecule has 0 aromatic heterocycles. The van der Waals surface area contributed by atoms with Crippen LogP contribution >= 0.6 is 11.8 Å². The Balaban J connectivity index is 1.46. The summed E-state index contributed by atoms with van der Waals surface area (Å²) in [6, 6.07) is 24.8. The summed E-state index contributed by atoms with van der Waals surface area (Å²) >= 11 is 1.26. The average molecular weight is 627 g/mol. The zero-order valence-electron chi connectivity index (χ0n) is 24.7. The summed E-state index contributed by atoms with van der Waals surface area (Å²) in [5, 5.41) is 19.3. The van der Waals surface area contributed by atoms with Crippen LogP contribution in [0.2, 0.25) is 0 Å². The second kappa shape index (κ2) is 15.2. The molecule has 0 atom stereocenters. The second-order valence-corrected chi connectivity index (χ2v) is 10.6. The van der Waals surface area contributed by atoms with Gasteiger partial charge in [0.25, 0.3) is 17.5 Å². The molecule has 230 valence electrons. The third-order valence-electron chi connectivity index (χ3n) is 6.45. The van der Waals surface area contributed by atoms with Gasteiger partial charge in [-0.3, -0.25) is 24.5 Å². The third kappa shape index (κ3) is 8.71. The van der Waals surface area contributed by atoms with Crippen LogP contribution in [-0.2, 0) is 9.59 Å². The minimum Gasteiger partial charge on any atom is -0.493 e. The number of nitro benzene ring substituents is 1. The smallest absolute Gasteiger partial charge is 0.272 e. The molecule has 0 fully saturated rings. The Morgan fingerprint density at radius 2 is 1.62 bits per heavy atom. The van der Waals surface area contributed by atoms with E-state index in [1.807, 2.05) is 0 Å². The number of carbonyl (C=O) groups is 3. The van der Waals surface area contributed by atoms with Crippen molar-refractivity contribution in [3.8, 4) is 11.5 Å². The number of hydrogen-bond acceptors (Lipinski definition) is 8. The minimum absolute atomic E-state index is 0.0260. The van der Waals surface area contributed by atoms with Crippen LogP contribution in [0, 0.1) is 17.0 Å². The number of aryl methyl sites for hydroxylation is 1. The number of nitrogens with one attached hydrogen (secondary N) is 3. The van der Waals surface area contributed by atoms with E-state index in [4.69, 9.17) is 9.47 Å². The standard InChI is InChI=1S/C33H30N4O7S/c1-21-12-15-25(37(41)42)19-27(21)35-30(38)20-45-26-16-13-24(14-17-26)34-33(40)28(36-32(39)22-8-5-4-6-9-22)18-23-10-7-11-29(43-2)31(23)44-3/h4-19H,20H2,1-3H3,(H,34,40)(H,35,38)(H,36,39)/b28-18-. The zero-order chi connectivity index (χ0) is 32.3. The largest absolute Gasteiger partial charge is 0.493 e. The maximum atomic E-state index is 13.4. The first-order chi connectivity index (χ1) is 21.7. The lowest BCUT2D eigenvalue weighted by atomic mass is 10.1. The molecule has 12 heteroatoms. The van der Waals surface area contributed by atoms with E-state index in [9.17, 15) is 24.5 Å². The number of ether oxygens (including phenoxy) is 2. The molecule has 0 saturated heterocycles. The number of para-hydroxylation sites is 1. The number of methoxy groups -OCH3 is 2. The Labute approximate surface area is 263 Å². The monoisotopic (exact) mass is 626 g/mol. The molecule has 0 saturated carbocycles. The Kier molecular flexibility index (Phi) is 10.9. The van der Waals surface area contributed by atoms with E-state index >= 15 is 0 Å². The molecule has 0 unspecified atom stereocenters. The summed E-state index contributed by atoms with van der Waals surface area (Å²) in [6.45, 7) is 1.75. The van der Waals surface area contributed by atoms with E-state index in [1.54, 1.807) is 85.8 Å². The number of nitro groups is 1. The quantitative estimate of drug-likeness (QED) is 0.0744. The van der Waals surface area contributed by atoms with Crippen molar-refractivity contribution in [1.82, 2.24) is 5.32 Å². The van der Waals surface area contributed by atoms with E-state index in [2.05, 4.69) is 16.0 Å². The van der Waals surface area contributed by atoms with Crippen LogP contribution in [0.3, 0.4) is 0 Å². The fourth-order valence-electron chi connectivity index (χ4n) is 4.15. The summed E-state index contributed by atoms with van der Waals surface area (Å²) in [4.78, 5) is 50.2. The van der Waals surface area contributed by atoms with Gasteiger partial charge in [-0.2, -0.15) is 0 Å². The molecule has 4 aromatic carbocycles. The van der Waals surface area contributed by atoms with Crippen molar-refractivity contribution in [2.75, 3.05) is 30.6 Å². The highest BCUT2D eigenvalue weighted by Gasteiger charge is 2.18. The molecule has 11 nitrogen and oxygen atoms in total. The number of non-ortho nitro benzene ring substituents is 1. The van der Waals surface area contributed by atoms with E-state index in [0.717, 1.165) is 4.90 Å². The number of benzene rings is 4. The second-order valence-electron chi connectivity index (χ2n) is 9.53. The summed E-state index contributed by atoms with van der Waals surface area (Å²) < 4.78 is 10.9. The van der Waals surface area contributed by atoms with E-state index in [-0.39, 0.29) is 23.0 Å². The molecular formula is C33H30N4O7S. The fourth-order valence-corrected chi connectivity index (χ4v) is 4.85. The SMILES string of the molecule is COc1cccc(/C=C(\NC(=O)c2ccccc2)C(=O)Nc2ccc(SCC(=O)Nc3cc([N+](=O)[O-])ccc3C)cc2)c1OC. The van der Waals surface area contributed by atoms with Gasteiger partial charge in [-0.05, 0) is 61.0 Å². The van der Waals surface area contributed by atoms with E-state index in [0.29, 0.717) is 39.6 Å². The maximum Gasteiger partial charge on any atom is 0.272 e. The Morgan fingerprint density at radius 3 is 2.29 bits per heavy atom. The topological polar surface area (TPSA) is 149 Å². The maximum absolute atomic E-state index is 13.4. The molecule has 0 aliphatic carbocycles. The van der Waals surface area contributed by atoms with Crippen molar-refractivity contribution in [2.45, 2.75) is 11.8 Å². The van der Waals surface area contributed by atoms with Gasteiger partial charge in [0.05, 0.1) is 30.6 Å². The van der Waals surface area contributed by atoms with Gasteiger partial charge < -0.3 is 25.4 Å². The molecule has 0 aliphatic rings. The molecular weight excluding hydrogens is 596 g/mol. The molecule has 0 bridgehead atoms. The highest BCUT2D eigenvalue weighted by Crippen LogP contribution is 2.32.